The van der Waals surface area contributed by atoms with Gasteiger partial charge in [0, 0.05) is 32.2 Å². The number of nitrogens with zero attached hydrogens (tertiary/aromatic N) is 2. The lowest BCUT2D eigenvalue weighted by molar-refractivity contribution is -0.134. The van der Waals surface area contributed by atoms with Crippen molar-refractivity contribution < 1.29 is 9.53 Å². The molecule has 2 rings (SSSR count). The van der Waals surface area contributed by atoms with Crippen LogP contribution in [0.25, 0.3) is 0 Å². The summed E-state index contributed by atoms with van der Waals surface area (Å²) < 4.78 is 5.62. The monoisotopic (exact) mass is 291 g/mol. The first-order valence-corrected chi connectivity index (χ1v) is 7.48. The summed E-state index contributed by atoms with van der Waals surface area (Å²) in [6, 6.07) is 7.92. The quantitative estimate of drug-likeness (QED) is 0.869. The highest BCUT2D eigenvalue weighted by molar-refractivity contribution is 5.77. The van der Waals surface area contributed by atoms with Crippen molar-refractivity contribution in [2.24, 2.45) is 5.73 Å². The van der Waals surface area contributed by atoms with E-state index in [1.807, 2.05) is 36.1 Å². The molecular weight excluding hydrogens is 266 g/mol. The molecule has 116 valence electrons. The molecule has 1 aliphatic heterocycles. The van der Waals surface area contributed by atoms with Crippen LogP contribution in [0.2, 0.25) is 0 Å². The van der Waals surface area contributed by atoms with Gasteiger partial charge in [-0.1, -0.05) is 12.1 Å². The smallest absolute Gasteiger partial charge is 0.260 e. The van der Waals surface area contributed by atoms with Crippen LogP contribution in [0.5, 0.6) is 5.75 Å². The summed E-state index contributed by atoms with van der Waals surface area (Å²) >= 11 is 0. The molecule has 0 bridgehead atoms. The molecule has 1 saturated heterocycles. The van der Waals surface area contributed by atoms with Gasteiger partial charge in [0.05, 0.1) is 0 Å². The molecular formula is C16H25N3O2. The van der Waals surface area contributed by atoms with Gasteiger partial charge in [0.1, 0.15) is 5.75 Å². The van der Waals surface area contributed by atoms with Crippen molar-refractivity contribution in [3.05, 3.63) is 29.8 Å². The van der Waals surface area contributed by atoms with Crippen LogP contribution in [0.3, 0.4) is 0 Å². The normalized spacial score (nSPS) is 17.6. The van der Waals surface area contributed by atoms with E-state index in [2.05, 4.69) is 11.9 Å². The lowest BCUT2D eigenvalue weighted by atomic mass is 10.1. The third-order valence-electron chi connectivity index (χ3n) is 3.67. The molecule has 1 aliphatic rings. The Morgan fingerprint density at radius 3 is 2.71 bits per heavy atom. The lowest BCUT2D eigenvalue weighted by Gasteiger charge is -2.32. The van der Waals surface area contributed by atoms with Crippen molar-refractivity contribution in [2.45, 2.75) is 19.4 Å². The van der Waals surface area contributed by atoms with E-state index in [0.29, 0.717) is 0 Å². The number of hydrogen-bond donors (Lipinski definition) is 1. The van der Waals surface area contributed by atoms with E-state index >= 15 is 0 Å². The highest BCUT2D eigenvalue weighted by atomic mass is 16.5. The average molecular weight is 291 g/mol. The maximum Gasteiger partial charge on any atom is 0.260 e. The molecule has 1 aromatic rings. The minimum Gasteiger partial charge on any atom is -0.484 e. The molecule has 1 heterocycles. The molecule has 5 nitrogen and oxygen atoms in total. The van der Waals surface area contributed by atoms with E-state index in [4.69, 9.17) is 10.5 Å². The van der Waals surface area contributed by atoms with Crippen LogP contribution in [0.4, 0.5) is 0 Å². The molecule has 0 radical (unpaired) electrons. The number of carbonyl (C=O) groups excluding carboxylic acids is 1. The van der Waals surface area contributed by atoms with Crippen LogP contribution in [0.1, 0.15) is 12.5 Å². The van der Waals surface area contributed by atoms with Crippen LogP contribution in [-0.4, -0.2) is 61.6 Å². The zero-order valence-electron chi connectivity index (χ0n) is 12.9. The van der Waals surface area contributed by atoms with Gasteiger partial charge in [0.25, 0.3) is 5.91 Å². The van der Waals surface area contributed by atoms with E-state index in [0.717, 1.165) is 43.9 Å². The van der Waals surface area contributed by atoms with Gasteiger partial charge >= 0.3 is 0 Å². The molecule has 5 heteroatoms. The van der Waals surface area contributed by atoms with Crippen molar-refractivity contribution in [1.29, 1.82) is 0 Å². The third kappa shape index (κ3) is 5.02. The van der Waals surface area contributed by atoms with Crippen molar-refractivity contribution in [2.75, 3.05) is 39.8 Å². The summed E-state index contributed by atoms with van der Waals surface area (Å²) in [5.74, 6) is 0.788. The zero-order valence-corrected chi connectivity index (χ0v) is 12.9. The topological polar surface area (TPSA) is 58.8 Å². The number of piperazine rings is 1. The summed E-state index contributed by atoms with van der Waals surface area (Å²) in [4.78, 5) is 16.2. The number of likely N-dealkylation sites (N-methyl/N-ethyl adjacent to an activating group) is 1. The lowest BCUT2D eigenvalue weighted by Crippen LogP contribution is -2.48. The summed E-state index contributed by atoms with van der Waals surface area (Å²) in [6.45, 7) is 5.49. The molecule has 0 aliphatic carbocycles. The van der Waals surface area contributed by atoms with Gasteiger partial charge < -0.3 is 20.3 Å². The van der Waals surface area contributed by atoms with Gasteiger partial charge in [0.15, 0.2) is 6.61 Å². The molecule has 0 saturated carbocycles. The van der Waals surface area contributed by atoms with Crippen molar-refractivity contribution in [1.82, 2.24) is 9.80 Å². The van der Waals surface area contributed by atoms with Crippen molar-refractivity contribution in [3.8, 4) is 5.75 Å². The fraction of sp³-hybridized carbons (Fsp3) is 0.562. The first kappa shape index (κ1) is 15.8. The average Bonchev–Trinajstić information content (AvgIpc) is 2.45. The number of hydrogen-bond acceptors (Lipinski definition) is 4. The van der Waals surface area contributed by atoms with E-state index in [1.54, 1.807) is 0 Å². The Hall–Kier alpha value is -1.59. The Morgan fingerprint density at radius 2 is 2.05 bits per heavy atom. The molecule has 1 aromatic carbocycles. The predicted molar refractivity (Wildman–Crippen MR) is 83.4 cm³/mol. The summed E-state index contributed by atoms with van der Waals surface area (Å²) in [6.07, 6.45) is 0.809. The molecule has 1 amide bonds. The summed E-state index contributed by atoms with van der Waals surface area (Å²) in [7, 11) is 2.07. The highest BCUT2D eigenvalue weighted by Crippen LogP contribution is 2.14. The van der Waals surface area contributed by atoms with Crippen LogP contribution in [-0.2, 0) is 11.2 Å². The second kappa shape index (κ2) is 7.43. The maximum absolute atomic E-state index is 12.1. The minimum atomic E-state index is 0.0562. The Kier molecular flexibility index (Phi) is 5.59. The molecule has 1 fully saturated rings. The molecule has 0 spiro atoms. The number of carbonyl (C=O) groups is 1. The number of amides is 1. The van der Waals surface area contributed by atoms with Crippen molar-refractivity contribution >= 4 is 5.91 Å². The van der Waals surface area contributed by atoms with Crippen LogP contribution >= 0.6 is 0 Å². The van der Waals surface area contributed by atoms with Gasteiger partial charge in [-0.15, -0.1) is 0 Å². The first-order chi connectivity index (χ1) is 10.0. The number of benzene rings is 1. The summed E-state index contributed by atoms with van der Waals surface area (Å²) in [5.41, 5.74) is 6.93. The summed E-state index contributed by atoms with van der Waals surface area (Å²) in [5, 5.41) is 0. The van der Waals surface area contributed by atoms with Crippen LogP contribution in [0.15, 0.2) is 24.3 Å². The van der Waals surface area contributed by atoms with E-state index in [-0.39, 0.29) is 18.6 Å². The van der Waals surface area contributed by atoms with Gasteiger partial charge in [0.2, 0.25) is 0 Å². The van der Waals surface area contributed by atoms with E-state index < -0.39 is 0 Å². The standard InChI is InChI=1S/C16H25N3O2/c1-13(17)10-14-4-3-5-15(11-14)21-12-16(20)19-8-6-18(2)7-9-19/h3-5,11,13H,6-10,12,17H2,1-2H3. The third-order valence-corrected chi connectivity index (χ3v) is 3.67. The Bertz CT molecular complexity index is 468. The predicted octanol–water partition coefficient (Wildman–Crippen LogP) is 0.729. The van der Waals surface area contributed by atoms with Crippen LogP contribution < -0.4 is 10.5 Å². The Balaban J connectivity index is 1.83. The number of nitrogens with two attached hydrogens (primary N) is 1. The Labute approximate surface area is 126 Å². The maximum atomic E-state index is 12.1. The second-order valence-electron chi connectivity index (χ2n) is 5.80. The molecule has 21 heavy (non-hydrogen) atoms. The van der Waals surface area contributed by atoms with Crippen molar-refractivity contribution in [3.63, 3.8) is 0 Å². The largest absolute Gasteiger partial charge is 0.484 e. The van der Waals surface area contributed by atoms with Crippen LogP contribution in [0, 0.1) is 0 Å². The van der Waals surface area contributed by atoms with Gasteiger partial charge in [-0.3, -0.25) is 4.79 Å². The van der Waals surface area contributed by atoms with Gasteiger partial charge in [-0.25, -0.2) is 0 Å². The fourth-order valence-corrected chi connectivity index (χ4v) is 2.43. The SMILES string of the molecule is CC(N)Cc1cccc(OCC(=O)N2CCN(C)CC2)c1. The minimum absolute atomic E-state index is 0.0562. The van der Waals surface area contributed by atoms with Gasteiger partial charge in [-0.05, 0) is 38.1 Å². The molecule has 0 aromatic heterocycles. The zero-order chi connectivity index (χ0) is 15.2. The number of rotatable bonds is 5. The molecule has 1 unspecified atom stereocenters. The Morgan fingerprint density at radius 1 is 1.33 bits per heavy atom. The highest BCUT2D eigenvalue weighted by Gasteiger charge is 2.19. The van der Waals surface area contributed by atoms with E-state index in [1.165, 1.54) is 0 Å². The van der Waals surface area contributed by atoms with E-state index in [9.17, 15) is 4.79 Å². The number of ether oxygens (including phenoxy) is 1. The molecule has 2 N–H and O–H groups in total. The van der Waals surface area contributed by atoms with Gasteiger partial charge in [-0.2, -0.15) is 0 Å². The fourth-order valence-electron chi connectivity index (χ4n) is 2.43. The first-order valence-electron chi connectivity index (χ1n) is 7.48. The second-order valence-corrected chi connectivity index (χ2v) is 5.80. The molecule has 1 atom stereocenters.